The van der Waals surface area contributed by atoms with E-state index in [1.54, 1.807) is 0 Å². The summed E-state index contributed by atoms with van der Waals surface area (Å²) in [5.41, 5.74) is 0.675. The van der Waals surface area contributed by atoms with Gasteiger partial charge in [0.25, 0.3) is 0 Å². The number of unbranched alkanes of at least 4 members (excludes halogenated alkanes) is 6. The number of hydrogen-bond acceptors (Lipinski definition) is 4. The summed E-state index contributed by atoms with van der Waals surface area (Å²) in [5, 5.41) is 2.84. The molecule has 0 radical (unpaired) electrons. The van der Waals surface area contributed by atoms with Crippen molar-refractivity contribution in [3.63, 3.8) is 0 Å². The summed E-state index contributed by atoms with van der Waals surface area (Å²) in [6, 6.07) is 7.58. The molecule has 1 aliphatic rings. The first-order valence-corrected chi connectivity index (χ1v) is 12.6. The van der Waals surface area contributed by atoms with Crippen LogP contribution >= 0.6 is 0 Å². The standard InChI is InChI=1S/C26H44N2O3/c1-3-5-7-8-12-21-30-25-15-11-10-14-24(25)27-26(29)31-22-20-28-18-16-23(17-19-28)13-9-6-4-2/h10-11,14-15,23H,3-9,12-13,16-22H2,1-2H3,(H,27,29). The molecule has 5 heteroatoms. The average molecular weight is 433 g/mol. The molecule has 0 unspecified atom stereocenters. The van der Waals surface area contributed by atoms with Gasteiger partial charge >= 0.3 is 6.09 Å². The molecular formula is C26H44N2O3. The number of anilines is 1. The van der Waals surface area contributed by atoms with Gasteiger partial charge in [0.2, 0.25) is 0 Å². The van der Waals surface area contributed by atoms with Crippen molar-refractivity contribution in [2.45, 2.75) is 84.5 Å². The minimum absolute atomic E-state index is 0.409. The second-order valence-corrected chi connectivity index (χ2v) is 8.80. The summed E-state index contributed by atoms with van der Waals surface area (Å²) in [6.07, 6.45) is 13.5. The zero-order chi connectivity index (χ0) is 22.2. The van der Waals surface area contributed by atoms with Crippen LogP contribution in [0.4, 0.5) is 10.5 Å². The molecule has 1 amide bonds. The first-order chi connectivity index (χ1) is 15.2. The summed E-state index contributed by atoms with van der Waals surface area (Å²) in [6.45, 7) is 8.63. The van der Waals surface area contributed by atoms with E-state index in [0.717, 1.165) is 32.0 Å². The van der Waals surface area contributed by atoms with Crippen LogP contribution in [0.3, 0.4) is 0 Å². The van der Waals surface area contributed by atoms with Crippen LogP contribution < -0.4 is 10.1 Å². The molecule has 0 aliphatic carbocycles. The van der Waals surface area contributed by atoms with E-state index < -0.39 is 6.09 Å². The highest BCUT2D eigenvalue weighted by atomic mass is 16.5. The van der Waals surface area contributed by atoms with Crippen molar-refractivity contribution < 1.29 is 14.3 Å². The van der Waals surface area contributed by atoms with Crippen LogP contribution in [0.25, 0.3) is 0 Å². The SMILES string of the molecule is CCCCCCCOc1ccccc1NC(=O)OCCN1CCC(CCCCC)CC1. The number of likely N-dealkylation sites (tertiary alicyclic amines) is 1. The Hall–Kier alpha value is -1.75. The molecule has 0 atom stereocenters. The fourth-order valence-corrected chi connectivity index (χ4v) is 4.18. The van der Waals surface area contributed by atoms with E-state index in [1.807, 2.05) is 24.3 Å². The second-order valence-electron chi connectivity index (χ2n) is 8.80. The molecule has 1 saturated heterocycles. The van der Waals surface area contributed by atoms with Crippen molar-refractivity contribution in [2.24, 2.45) is 5.92 Å². The predicted octanol–water partition coefficient (Wildman–Crippen LogP) is 6.88. The first-order valence-electron chi connectivity index (χ1n) is 12.6. The molecule has 1 N–H and O–H groups in total. The highest BCUT2D eigenvalue weighted by Gasteiger charge is 2.19. The number of hydrogen-bond donors (Lipinski definition) is 1. The third kappa shape index (κ3) is 10.9. The average Bonchev–Trinajstić information content (AvgIpc) is 2.78. The Morgan fingerprint density at radius 1 is 0.968 bits per heavy atom. The maximum Gasteiger partial charge on any atom is 0.411 e. The minimum Gasteiger partial charge on any atom is -0.491 e. The van der Waals surface area contributed by atoms with Crippen molar-refractivity contribution in [3.8, 4) is 5.75 Å². The highest BCUT2D eigenvalue weighted by Crippen LogP contribution is 2.25. The molecular weight excluding hydrogens is 388 g/mol. The van der Waals surface area contributed by atoms with E-state index in [4.69, 9.17) is 9.47 Å². The summed E-state index contributed by atoms with van der Waals surface area (Å²) in [7, 11) is 0. The highest BCUT2D eigenvalue weighted by molar-refractivity contribution is 5.86. The summed E-state index contributed by atoms with van der Waals surface area (Å²) in [5.74, 6) is 1.59. The van der Waals surface area contributed by atoms with Gasteiger partial charge in [-0.15, -0.1) is 0 Å². The first kappa shape index (κ1) is 25.5. The van der Waals surface area contributed by atoms with E-state index >= 15 is 0 Å². The molecule has 1 aromatic carbocycles. The van der Waals surface area contributed by atoms with Gasteiger partial charge in [0, 0.05) is 6.54 Å². The number of piperidine rings is 1. The van der Waals surface area contributed by atoms with E-state index in [1.165, 1.54) is 64.2 Å². The van der Waals surface area contributed by atoms with E-state index in [0.29, 0.717) is 24.7 Å². The summed E-state index contributed by atoms with van der Waals surface area (Å²) >= 11 is 0. The monoisotopic (exact) mass is 432 g/mol. The number of ether oxygens (including phenoxy) is 2. The van der Waals surface area contributed by atoms with Crippen LogP contribution in [-0.2, 0) is 4.74 Å². The van der Waals surface area contributed by atoms with Crippen molar-refractivity contribution in [1.29, 1.82) is 0 Å². The van der Waals surface area contributed by atoms with Crippen molar-refractivity contribution in [1.82, 2.24) is 4.90 Å². The van der Waals surface area contributed by atoms with Gasteiger partial charge in [-0.25, -0.2) is 4.79 Å². The molecule has 176 valence electrons. The lowest BCUT2D eigenvalue weighted by Gasteiger charge is -2.31. The molecule has 0 aromatic heterocycles. The summed E-state index contributed by atoms with van der Waals surface area (Å²) < 4.78 is 11.3. The zero-order valence-corrected chi connectivity index (χ0v) is 19.9. The Labute approximate surface area is 189 Å². The lowest BCUT2D eigenvalue weighted by Crippen LogP contribution is -2.36. The van der Waals surface area contributed by atoms with Crippen molar-refractivity contribution in [2.75, 3.05) is 38.2 Å². The Balaban J connectivity index is 1.61. The number of carbonyl (C=O) groups is 1. The van der Waals surface area contributed by atoms with Crippen LogP contribution in [-0.4, -0.2) is 43.8 Å². The summed E-state index contributed by atoms with van der Waals surface area (Å²) in [4.78, 5) is 14.7. The lowest BCUT2D eigenvalue weighted by molar-refractivity contribution is 0.119. The molecule has 2 rings (SSSR count). The molecule has 31 heavy (non-hydrogen) atoms. The largest absolute Gasteiger partial charge is 0.491 e. The van der Waals surface area contributed by atoms with E-state index in [9.17, 15) is 4.79 Å². The van der Waals surface area contributed by atoms with Crippen LogP contribution in [0.2, 0.25) is 0 Å². The number of para-hydroxylation sites is 2. The molecule has 1 fully saturated rings. The topological polar surface area (TPSA) is 50.8 Å². The van der Waals surface area contributed by atoms with Gasteiger partial charge in [0.15, 0.2) is 0 Å². The third-order valence-corrected chi connectivity index (χ3v) is 6.19. The number of carbonyl (C=O) groups excluding carboxylic acids is 1. The Bertz CT molecular complexity index is 600. The predicted molar refractivity (Wildman–Crippen MR) is 129 cm³/mol. The van der Waals surface area contributed by atoms with Crippen LogP contribution in [0.5, 0.6) is 5.75 Å². The molecule has 1 aliphatic heterocycles. The number of nitrogens with zero attached hydrogens (tertiary/aromatic N) is 1. The third-order valence-electron chi connectivity index (χ3n) is 6.19. The van der Waals surface area contributed by atoms with Crippen LogP contribution in [0.15, 0.2) is 24.3 Å². The Morgan fingerprint density at radius 2 is 1.68 bits per heavy atom. The van der Waals surface area contributed by atoms with Gasteiger partial charge in [0.1, 0.15) is 12.4 Å². The van der Waals surface area contributed by atoms with Gasteiger partial charge < -0.3 is 9.47 Å². The lowest BCUT2D eigenvalue weighted by atomic mass is 9.91. The molecule has 0 saturated carbocycles. The number of amides is 1. The van der Waals surface area contributed by atoms with Gasteiger partial charge in [0.05, 0.1) is 12.3 Å². The number of benzene rings is 1. The van der Waals surface area contributed by atoms with Gasteiger partial charge in [-0.2, -0.15) is 0 Å². The Morgan fingerprint density at radius 3 is 2.45 bits per heavy atom. The van der Waals surface area contributed by atoms with E-state index in [-0.39, 0.29) is 0 Å². The van der Waals surface area contributed by atoms with Crippen molar-refractivity contribution >= 4 is 11.8 Å². The quantitative estimate of drug-likeness (QED) is 0.307. The minimum atomic E-state index is -0.409. The normalized spacial score (nSPS) is 15.0. The fourth-order valence-electron chi connectivity index (χ4n) is 4.18. The van der Waals surface area contributed by atoms with Crippen LogP contribution in [0, 0.1) is 5.92 Å². The van der Waals surface area contributed by atoms with E-state index in [2.05, 4.69) is 24.1 Å². The van der Waals surface area contributed by atoms with Gasteiger partial charge in [-0.05, 0) is 50.4 Å². The molecule has 1 aromatic rings. The number of nitrogens with one attached hydrogen (secondary N) is 1. The second kappa shape index (κ2) is 16.0. The van der Waals surface area contributed by atoms with Crippen molar-refractivity contribution in [3.05, 3.63) is 24.3 Å². The van der Waals surface area contributed by atoms with Gasteiger partial charge in [-0.3, -0.25) is 10.2 Å². The zero-order valence-electron chi connectivity index (χ0n) is 19.9. The molecule has 1 heterocycles. The molecule has 5 nitrogen and oxygen atoms in total. The van der Waals surface area contributed by atoms with Crippen LogP contribution in [0.1, 0.15) is 84.5 Å². The maximum absolute atomic E-state index is 12.2. The molecule has 0 spiro atoms. The smallest absolute Gasteiger partial charge is 0.411 e. The fraction of sp³-hybridized carbons (Fsp3) is 0.731. The maximum atomic E-state index is 12.2. The Kier molecular flexibility index (Phi) is 13.1. The van der Waals surface area contributed by atoms with Gasteiger partial charge in [-0.1, -0.05) is 77.3 Å². The molecule has 0 bridgehead atoms. The number of rotatable bonds is 15.